The molecular formula is C37H43IrN2O2-. The maximum atomic E-state index is 11.5. The largest absolute Gasteiger partial charge is 0.512 e. The Morgan fingerprint density at radius 2 is 1.52 bits per heavy atom. The number of fused-ring (bicyclic) bond motifs is 4. The fourth-order valence-corrected chi connectivity index (χ4v) is 4.89. The Labute approximate surface area is 265 Å². The maximum Gasteiger partial charge on any atom is 0.164 e. The fourth-order valence-electron chi connectivity index (χ4n) is 4.89. The summed E-state index contributed by atoms with van der Waals surface area (Å²) < 4.78 is 0. The summed E-state index contributed by atoms with van der Waals surface area (Å²) in [6.07, 6.45) is 7.07. The third-order valence-corrected chi connectivity index (χ3v) is 7.46. The monoisotopic (exact) mass is 740 g/mol. The minimum Gasteiger partial charge on any atom is -0.512 e. The van der Waals surface area contributed by atoms with Gasteiger partial charge in [-0.05, 0) is 41.5 Å². The zero-order valence-corrected chi connectivity index (χ0v) is 28.7. The third kappa shape index (κ3) is 7.43. The number of aliphatic hydroxyl groups excluding tert-OH is 1. The van der Waals surface area contributed by atoms with Gasteiger partial charge in [-0.15, -0.1) is 29.1 Å². The Bertz CT molecular complexity index is 1620. The van der Waals surface area contributed by atoms with Gasteiger partial charge in [0.05, 0.1) is 0 Å². The molecule has 223 valence electrons. The van der Waals surface area contributed by atoms with Crippen molar-refractivity contribution in [3.05, 3.63) is 95.6 Å². The Morgan fingerprint density at radius 3 is 2.17 bits per heavy atom. The summed E-state index contributed by atoms with van der Waals surface area (Å²) in [5.74, 6) is 0.104. The summed E-state index contributed by atoms with van der Waals surface area (Å²) in [6.45, 7) is 17.9. The molecule has 1 radical (unpaired) electrons. The minimum absolute atomic E-state index is 0. The molecule has 0 amide bonds. The first-order valence-electron chi connectivity index (χ1n) is 14.4. The molecule has 0 fully saturated rings. The molecule has 1 aliphatic carbocycles. The molecule has 1 N–H and O–H groups in total. The first-order chi connectivity index (χ1) is 19.1. The van der Waals surface area contributed by atoms with E-state index in [2.05, 4.69) is 74.3 Å². The van der Waals surface area contributed by atoms with Gasteiger partial charge in [0.1, 0.15) is 5.76 Å². The van der Waals surface area contributed by atoms with Crippen LogP contribution in [0.1, 0.15) is 79.1 Å². The predicted octanol–water partition coefficient (Wildman–Crippen LogP) is 9.25. The van der Waals surface area contributed by atoms with Crippen LogP contribution < -0.4 is 0 Å². The molecule has 2 aromatic heterocycles. The molecule has 0 bridgehead atoms. The van der Waals surface area contributed by atoms with Crippen molar-refractivity contribution in [3.8, 4) is 22.4 Å². The number of nitrogens with zero attached hydrogens (tertiary/aromatic N) is 2. The Balaban J connectivity index is 0.000000297. The average Bonchev–Trinajstić information content (AvgIpc) is 2.90. The molecule has 2 aromatic carbocycles. The second-order valence-electron chi connectivity index (χ2n) is 14.0. The van der Waals surface area contributed by atoms with E-state index >= 15 is 0 Å². The molecule has 5 heteroatoms. The average molecular weight is 740 g/mol. The normalized spacial score (nSPS) is 13.3. The first kappa shape index (κ1) is 33.4. The standard InChI is InChI=1S/C26H23N2.C11H20O2.Ir/c1-26(2,3)23-16-18(15-17-7-4-5-8-19(17)23)25-22-10-11-24-21(9-6-13-27-24)20(22)12-14-28-25;1-10(2,3)8(12)7-9(13)11(4,5)6;/h4-9,12-14,16H,10-11H2,1-3H3;7,12H,1-6H3;/q-1;;/b;8-7-;. The van der Waals surface area contributed by atoms with Crippen molar-refractivity contribution in [2.75, 3.05) is 0 Å². The van der Waals surface area contributed by atoms with Crippen LogP contribution in [0.5, 0.6) is 0 Å². The van der Waals surface area contributed by atoms with Gasteiger partial charge in [-0.3, -0.25) is 14.8 Å². The third-order valence-electron chi connectivity index (χ3n) is 7.46. The Kier molecular flexibility index (Phi) is 10.0. The van der Waals surface area contributed by atoms with Crippen molar-refractivity contribution in [2.45, 2.75) is 80.6 Å². The van der Waals surface area contributed by atoms with Crippen LogP contribution in [0.3, 0.4) is 0 Å². The molecular weight excluding hydrogens is 697 g/mol. The van der Waals surface area contributed by atoms with Gasteiger partial charge >= 0.3 is 0 Å². The second-order valence-corrected chi connectivity index (χ2v) is 14.0. The van der Waals surface area contributed by atoms with Crippen molar-refractivity contribution in [1.29, 1.82) is 0 Å². The molecule has 0 saturated carbocycles. The zero-order chi connectivity index (χ0) is 30.2. The molecule has 5 rings (SSSR count). The van der Waals surface area contributed by atoms with Gasteiger partial charge in [-0.1, -0.05) is 97.5 Å². The van der Waals surface area contributed by atoms with Gasteiger partial charge in [0.15, 0.2) is 5.78 Å². The number of aliphatic hydroxyl groups is 1. The van der Waals surface area contributed by atoms with E-state index in [1.54, 1.807) is 0 Å². The van der Waals surface area contributed by atoms with Gasteiger partial charge in [0.2, 0.25) is 0 Å². The van der Waals surface area contributed by atoms with Gasteiger partial charge < -0.3 is 5.11 Å². The summed E-state index contributed by atoms with van der Waals surface area (Å²) in [4.78, 5) is 20.9. The van der Waals surface area contributed by atoms with E-state index in [9.17, 15) is 9.90 Å². The summed E-state index contributed by atoms with van der Waals surface area (Å²) in [5, 5.41) is 12.0. The number of rotatable bonds is 2. The molecule has 0 saturated heterocycles. The fraction of sp³-hybridized carbons (Fsp3) is 0.378. The quantitative estimate of drug-likeness (QED) is 0.127. The maximum absolute atomic E-state index is 11.5. The number of aryl methyl sites for hydroxylation is 1. The molecule has 42 heavy (non-hydrogen) atoms. The summed E-state index contributed by atoms with van der Waals surface area (Å²) >= 11 is 0. The van der Waals surface area contributed by atoms with Crippen LogP contribution in [0.4, 0.5) is 0 Å². The number of benzene rings is 2. The number of pyridine rings is 2. The molecule has 0 spiro atoms. The van der Waals surface area contributed by atoms with Crippen LogP contribution in [-0.4, -0.2) is 20.9 Å². The van der Waals surface area contributed by atoms with Crippen molar-refractivity contribution in [2.24, 2.45) is 10.8 Å². The van der Waals surface area contributed by atoms with Crippen LogP contribution in [0.15, 0.2) is 72.8 Å². The molecule has 4 aromatic rings. The number of allylic oxidation sites excluding steroid dienone is 2. The number of carbonyl (C=O) groups is 1. The topological polar surface area (TPSA) is 63.1 Å². The molecule has 0 atom stereocenters. The van der Waals surface area contributed by atoms with Crippen LogP contribution >= 0.6 is 0 Å². The van der Waals surface area contributed by atoms with Crippen LogP contribution in [0.2, 0.25) is 0 Å². The van der Waals surface area contributed by atoms with E-state index in [0.717, 1.165) is 29.5 Å². The van der Waals surface area contributed by atoms with E-state index in [0.29, 0.717) is 0 Å². The van der Waals surface area contributed by atoms with E-state index in [-0.39, 0.29) is 42.5 Å². The SMILES string of the molecule is CC(C)(C)C(=O)/C=C(\O)C(C)(C)C.CC(C)(C)c1cc(-c2nccc3c2CCc2ncccc2-3)[c-]c2ccccc12.[Ir]. The Hall–Kier alpha value is -3.14. The van der Waals surface area contributed by atoms with E-state index in [1.807, 2.05) is 60.0 Å². The van der Waals surface area contributed by atoms with Crippen LogP contribution in [0, 0.1) is 16.9 Å². The number of hydrogen-bond donors (Lipinski definition) is 1. The summed E-state index contributed by atoms with van der Waals surface area (Å²) in [6, 6.07) is 20.8. The molecule has 0 unspecified atom stereocenters. The summed E-state index contributed by atoms with van der Waals surface area (Å²) in [7, 11) is 0. The van der Waals surface area contributed by atoms with Crippen molar-refractivity contribution < 1.29 is 30.0 Å². The molecule has 2 heterocycles. The van der Waals surface area contributed by atoms with Gasteiger partial charge in [0.25, 0.3) is 0 Å². The number of ketones is 1. The molecule has 4 nitrogen and oxygen atoms in total. The van der Waals surface area contributed by atoms with Gasteiger partial charge in [0, 0.05) is 66.4 Å². The van der Waals surface area contributed by atoms with Crippen molar-refractivity contribution >= 4 is 16.6 Å². The minimum atomic E-state index is -0.417. The van der Waals surface area contributed by atoms with Crippen molar-refractivity contribution in [3.63, 3.8) is 0 Å². The van der Waals surface area contributed by atoms with Crippen molar-refractivity contribution in [1.82, 2.24) is 9.97 Å². The van der Waals surface area contributed by atoms with Gasteiger partial charge in [-0.25, -0.2) is 0 Å². The Morgan fingerprint density at radius 1 is 0.833 bits per heavy atom. The van der Waals surface area contributed by atoms with Gasteiger partial charge in [-0.2, -0.15) is 0 Å². The number of carbonyl (C=O) groups excluding carboxylic acids is 1. The second kappa shape index (κ2) is 12.6. The van der Waals surface area contributed by atoms with E-state index in [1.165, 1.54) is 39.4 Å². The number of hydrogen-bond acceptors (Lipinski definition) is 4. The smallest absolute Gasteiger partial charge is 0.164 e. The zero-order valence-electron chi connectivity index (χ0n) is 26.3. The summed E-state index contributed by atoms with van der Waals surface area (Å²) in [5.41, 5.74) is 7.78. The first-order valence-corrected chi connectivity index (χ1v) is 14.4. The van der Waals surface area contributed by atoms with Crippen LogP contribution in [-0.2, 0) is 43.2 Å². The van der Waals surface area contributed by atoms with E-state index in [4.69, 9.17) is 4.98 Å². The number of aromatic nitrogens is 2. The predicted molar refractivity (Wildman–Crippen MR) is 170 cm³/mol. The molecule has 0 aliphatic heterocycles. The molecule has 1 aliphatic rings. The van der Waals surface area contributed by atoms with Crippen LogP contribution in [0.25, 0.3) is 33.2 Å². The van der Waals surface area contributed by atoms with E-state index < -0.39 is 5.41 Å².